The van der Waals surface area contributed by atoms with E-state index >= 15 is 0 Å². The summed E-state index contributed by atoms with van der Waals surface area (Å²) < 4.78 is 37.1. The molecule has 0 radical (unpaired) electrons. The van der Waals surface area contributed by atoms with Crippen LogP contribution in [0.15, 0.2) is 47.6 Å². The molecule has 1 saturated heterocycles. The maximum atomic E-state index is 12.8. The average Bonchev–Trinajstić information content (AvgIpc) is 2.70. The van der Waals surface area contributed by atoms with E-state index in [2.05, 4.69) is 4.98 Å². The third kappa shape index (κ3) is 5.13. The quantitative estimate of drug-likeness (QED) is 0.633. The van der Waals surface area contributed by atoms with Crippen LogP contribution in [0, 0.1) is 0 Å². The first-order valence-electron chi connectivity index (χ1n) is 9.16. The van der Waals surface area contributed by atoms with Gasteiger partial charge in [-0.15, -0.1) is 0 Å². The molecule has 0 N–H and O–H groups in total. The van der Waals surface area contributed by atoms with E-state index in [0.29, 0.717) is 55.8 Å². The molecule has 2 aromatic rings. The molecule has 2 heterocycles. The van der Waals surface area contributed by atoms with Crippen molar-refractivity contribution in [3.05, 3.63) is 48.2 Å². The van der Waals surface area contributed by atoms with Crippen LogP contribution in [0.25, 0.3) is 0 Å². The van der Waals surface area contributed by atoms with E-state index in [9.17, 15) is 13.6 Å². The minimum Gasteiger partial charge on any atom is -0.490 e. The Kier molecular flexibility index (Phi) is 7.08. The number of hydrogen-bond donors (Lipinski definition) is 0. The third-order valence-corrected chi connectivity index (χ3v) is 5.10. The van der Waals surface area contributed by atoms with Crippen molar-refractivity contribution >= 4 is 17.7 Å². The number of ether oxygens (including phenoxy) is 2. The van der Waals surface area contributed by atoms with Crippen LogP contribution in [-0.4, -0.2) is 47.3 Å². The highest BCUT2D eigenvalue weighted by Crippen LogP contribution is 2.31. The second kappa shape index (κ2) is 9.73. The predicted octanol–water partition coefficient (Wildman–Crippen LogP) is 4.48. The molecule has 8 heteroatoms. The number of pyridine rings is 1. The Morgan fingerprint density at radius 1 is 1.21 bits per heavy atom. The number of nitrogens with zero attached hydrogens (tertiary/aromatic N) is 2. The van der Waals surface area contributed by atoms with Crippen LogP contribution >= 0.6 is 11.8 Å². The lowest BCUT2D eigenvalue weighted by molar-refractivity contribution is 0.0585. The summed E-state index contributed by atoms with van der Waals surface area (Å²) in [5.74, 6) is -1.50. The summed E-state index contributed by atoms with van der Waals surface area (Å²) in [5, 5.41) is 0.0616. The molecule has 0 spiro atoms. The fourth-order valence-corrected chi connectivity index (χ4v) is 3.65. The Morgan fingerprint density at radius 2 is 1.93 bits per heavy atom. The van der Waals surface area contributed by atoms with Crippen molar-refractivity contribution in [1.82, 2.24) is 9.88 Å². The van der Waals surface area contributed by atoms with Gasteiger partial charge in [-0.3, -0.25) is 4.79 Å². The first kappa shape index (κ1) is 20.4. The van der Waals surface area contributed by atoms with Gasteiger partial charge in [-0.05, 0) is 43.0 Å². The SMILES string of the molecule is CCOc1ccccc1OC1CCN(C(=O)c2cccnc2SC(F)F)CC1. The van der Waals surface area contributed by atoms with Gasteiger partial charge in [0.15, 0.2) is 11.5 Å². The third-order valence-electron chi connectivity index (χ3n) is 4.37. The molecule has 0 aliphatic carbocycles. The molecular weight excluding hydrogens is 386 g/mol. The number of likely N-dealkylation sites (tertiary alicyclic amines) is 1. The molecule has 1 aromatic carbocycles. The number of halogens is 2. The van der Waals surface area contributed by atoms with Gasteiger partial charge in [-0.25, -0.2) is 4.98 Å². The van der Waals surface area contributed by atoms with E-state index in [0.717, 1.165) is 0 Å². The Labute approximate surface area is 167 Å². The summed E-state index contributed by atoms with van der Waals surface area (Å²) in [4.78, 5) is 18.4. The van der Waals surface area contributed by atoms with Crippen LogP contribution in [0.1, 0.15) is 30.1 Å². The molecule has 1 aliphatic rings. The number of benzene rings is 1. The smallest absolute Gasteiger partial charge is 0.290 e. The molecule has 3 rings (SSSR count). The van der Waals surface area contributed by atoms with Crippen molar-refractivity contribution in [2.45, 2.75) is 36.7 Å². The van der Waals surface area contributed by atoms with E-state index in [1.165, 1.54) is 6.20 Å². The van der Waals surface area contributed by atoms with Crippen LogP contribution in [0.5, 0.6) is 11.5 Å². The predicted molar refractivity (Wildman–Crippen MR) is 103 cm³/mol. The van der Waals surface area contributed by atoms with Crippen LogP contribution in [0.4, 0.5) is 8.78 Å². The summed E-state index contributed by atoms with van der Waals surface area (Å²) in [6.45, 7) is 3.46. The zero-order valence-corrected chi connectivity index (χ0v) is 16.3. The summed E-state index contributed by atoms with van der Waals surface area (Å²) in [6.07, 6.45) is 2.69. The maximum Gasteiger partial charge on any atom is 0.290 e. The largest absolute Gasteiger partial charge is 0.490 e. The Bertz CT molecular complexity index is 799. The molecule has 0 unspecified atom stereocenters. The molecule has 0 atom stereocenters. The van der Waals surface area contributed by atoms with Crippen LogP contribution in [-0.2, 0) is 0 Å². The molecule has 1 aliphatic heterocycles. The van der Waals surface area contributed by atoms with Gasteiger partial charge in [0.05, 0.1) is 12.2 Å². The van der Waals surface area contributed by atoms with E-state index in [1.54, 1.807) is 17.0 Å². The molecule has 150 valence electrons. The molecule has 5 nitrogen and oxygen atoms in total. The average molecular weight is 408 g/mol. The lowest BCUT2D eigenvalue weighted by Crippen LogP contribution is -2.42. The maximum absolute atomic E-state index is 12.8. The van der Waals surface area contributed by atoms with Crippen LogP contribution < -0.4 is 9.47 Å². The van der Waals surface area contributed by atoms with Gasteiger partial charge in [0.2, 0.25) is 0 Å². The topological polar surface area (TPSA) is 51.7 Å². The normalized spacial score (nSPS) is 14.9. The van der Waals surface area contributed by atoms with Gasteiger partial charge in [-0.2, -0.15) is 8.78 Å². The number of carbonyl (C=O) groups excluding carboxylic acids is 1. The highest BCUT2D eigenvalue weighted by molar-refractivity contribution is 7.99. The molecule has 0 saturated carbocycles. The number of amides is 1. The standard InChI is InChI=1S/C20H22F2N2O3S/c1-2-26-16-7-3-4-8-17(16)27-14-9-12-24(13-10-14)19(25)15-6-5-11-23-18(15)28-20(21)22/h3-8,11,14,20H,2,9-10,12-13H2,1H3. The highest BCUT2D eigenvalue weighted by Gasteiger charge is 2.27. The van der Waals surface area contributed by atoms with Gasteiger partial charge in [0.25, 0.3) is 11.7 Å². The number of rotatable bonds is 7. The fraction of sp³-hybridized carbons (Fsp3) is 0.400. The number of aromatic nitrogens is 1. The van der Waals surface area contributed by atoms with Crippen molar-refractivity contribution in [2.24, 2.45) is 0 Å². The monoisotopic (exact) mass is 408 g/mol. The summed E-state index contributed by atoms with van der Waals surface area (Å²) in [6, 6.07) is 10.6. The van der Waals surface area contributed by atoms with Gasteiger partial charge in [0, 0.05) is 32.1 Å². The zero-order valence-electron chi connectivity index (χ0n) is 15.5. The molecule has 28 heavy (non-hydrogen) atoms. The van der Waals surface area contributed by atoms with Gasteiger partial charge in [0.1, 0.15) is 11.1 Å². The van der Waals surface area contributed by atoms with E-state index in [4.69, 9.17) is 9.47 Å². The van der Waals surface area contributed by atoms with Crippen molar-refractivity contribution in [3.8, 4) is 11.5 Å². The Balaban J connectivity index is 1.61. The highest BCUT2D eigenvalue weighted by atomic mass is 32.2. The number of alkyl halides is 2. The molecule has 1 fully saturated rings. The van der Waals surface area contributed by atoms with Crippen molar-refractivity contribution in [3.63, 3.8) is 0 Å². The Hall–Kier alpha value is -2.35. The van der Waals surface area contributed by atoms with Crippen molar-refractivity contribution in [1.29, 1.82) is 0 Å². The lowest BCUT2D eigenvalue weighted by Gasteiger charge is -2.32. The lowest BCUT2D eigenvalue weighted by atomic mass is 10.1. The number of para-hydroxylation sites is 2. The Morgan fingerprint density at radius 3 is 2.61 bits per heavy atom. The number of hydrogen-bond acceptors (Lipinski definition) is 5. The summed E-state index contributed by atoms with van der Waals surface area (Å²) in [5.41, 5.74) is 0.217. The number of piperidine rings is 1. The molecule has 1 aromatic heterocycles. The molecule has 1 amide bonds. The first-order valence-corrected chi connectivity index (χ1v) is 10.0. The van der Waals surface area contributed by atoms with Crippen molar-refractivity contribution < 1.29 is 23.0 Å². The van der Waals surface area contributed by atoms with Gasteiger partial charge in [-0.1, -0.05) is 12.1 Å². The van der Waals surface area contributed by atoms with Gasteiger partial charge < -0.3 is 14.4 Å². The molecule has 0 bridgehead atoms. The first-order chi connectivity index (χ1) is 13.6. The summed E-state index contributed by atoms with van der Waals surface area (Å²) >= 11 is 0.295. The van der Waals surface area contributed by atoms with Gasteiger partial charge >= 0.3 is 0 Å². The summed E-state index contributed by atoms with van der Waals surface area (Å²) in [7, 11) is 0. The second-order valence-electron chi connectivity index (χ2n) is 6.22. The van der Waals surface area contributed by atoms with Crippen LogP contribution in [0.2, 0.25) is 0 Å². The number of carbonyl (C=O) groups is 1. The minimum absolute atomic E-state index is 0.0329. The van der Waals surface area contributed by atoms with Crippen molar-refractivity contribution in [2.75, 3.05) is 19.7 Å². The molecular formula is C20H22F2N2O3S. The van der Waals surface area contributed by atoms with E-state index in [-0.39, 0.29) is 22.6 Å². The minimum atomic E-state index is -2.62. The zero-order chi connectivity index (χ0) is 19.9. The van der Waals surface area contributed by atoms with Crippen LogP contribution in [0.3, 0.4) is 0 Å². The second-order valence-corrected chi connectivity index (χ2v) is 7.20. The fourth-order valence-electron chi connectivity index (χ4n) is 3.08. The van der Waals surface area contributed by atoms with E-state index < -0.39 is 5.76 Å². The number of thioether (sulfide) groups is 1. The van der Waals surface area contributed by atoms with E-state index in [1.807, 2.05) is 31.2 Å².